The number of hydrogen-bond acceptors (Lipinski definition) is 1. The molecule has 0 saturated carbocycles. The van der Waals surface area contributed by atoms with Crippen LogP contribution in [0.4, 0.5) is 0 Å². The summed E-state index contributed by atoms with van der Waals surface area (Å²) in [5.74, 6) is 0. The van der Waals surface area contributed by atoms with Crippen LogP contribution in [0, 0.1) is 6.92 Å². The summed E-state index contributed by atoms with van der Waals surface area (Å²) in [5, 5.41) is 0. The van der Waals surface area contributed by atoms with E-state index in [1.165, 1.54) is 0 Å². The largest absolute Gasteiger partial charge is 0.326 e. The van der Waals surface area contributed by atoms with E-state index >= 15 is 0 Å². The molecule has 1 aromatic heterocycles. The van der Waals surface area contributed by atoms with Crippen LogP contribution in [0.25, 0.3) is 0 Å². The van der Waals surface area contributed by atoms with Gasteiger partial charge in [0.1, 0.15) is 0 Å². The zero-order valence-corrected chi connectivity index (χ0v) is 7.68. The van der Waals surface area contributed by atoms with Crippen LogP contribution in [-0.2, 0) is 6.42 Å². The summed E-state index contributed by atoms with van der Waals surface area (Å²) < 4.78 is 0. The van der Waals surface area contributed by atoms with Crippen molar-refractivity contribution in [1.29, 1.82) is 0 Å². The van der Waals surface area contributed by atoms with Gasteiger partial charge in [-0.05, 0) is 25.8 Å². The molecule has 0 spiro atoms. The fourth-order valence-electron chi connectivity index (χ4n) is 1.10. The maximum atomic E-state index is 11.1. The Balaban J connectivity index is 2.76. The van der Waals surface area contributed by atoms with Crippen LogP contribution in [0.1, 0.15) is 31.0 Å². The lowest BCUT2D eigenvalue weighted by Gasteiger charge is -1.99. The van der Waals surface area contributed by atoms with E-state index in [1.807, 2.05) is 19.1 Å². The smallest absolute Gasteiger partial charge is 0.251 e. The molecule has 0 fully saturated rings. The van der Waals surface area contributed by atoms with Crippen molar-refractivity contribution in [3.8, 4) is 0 Å². The summed E-state index contributed by atoms with van der Waals surface area (Å²) in [6.07, 6.45) is 3.28. The number of rotatable bonds is 3. The van der Waals surface area contributed by atoms with Crippen LogP contribution < -0.4 is 5.56 Å². The molecule has 0 saturated heterocycles. The first-order chi connectivity index (χ1) is 5.74. The van der Waals surface area contributed by atoms with Gasteiger partial charge in [-0.1, -0.05) is 19.4 Å². The molecule has 0 aliphatic carbocycles. The highest BCUT2D eigenvalue weighted by Crippen LogP contribution is 1.99. The minimum atomic E-state index is 0.0450. The molecule has 0 bridgehead atoms. The highest BCUT2D eigenvalue weighted by molar-refractivity contribution is 5.12. The van der Waals surface area contributed by atoms with Crippen LogP contribution in [-0.4, -0.2) is 4.98 Å². The van der Waals surface area contributed by atoms with E-state index in [2.05, 4.69) is 11.9 Å². The molecule has 0 atom stereocenters. The third-order valence-corrected chi connectivity index (χ3v) is 1.97. The van der Waals surface area contributed by atoms with Gasteiger partial charge in [0, 0.05) is 11.3 Å². The predicted molar refractivity (Wildman–Crippen MR) is 50.4 cm³/mol. The average Bonchev–Trinajstić information content (AvgIpc) is 2.07. The molecule has 0 radical (unpaired) electrons. The quantitative estimate of drug-likeness (QED) is 0.730. The van der Waals surface area contributed by atoms with Crippen molar-refractivity contribution in [3.63, 3.8) is 0 Å². The molecule has 1 aromatic rings. The Labute approximate surface area is 72.6 Å². The highest BCUT2D eigenvalue weighted by atomic mass is 16.1. The number of aromatic amines is 1. The first kappa shape index (κ1) is 9.04. The van der Waals surface area contributed by atoms with E-state index in [9.17, 15) is 4.79 Å². The van der Waals surface area contributed by atoms with Gasteiger partial charge in [-0.2, -0.15) is 0 Å². The van der Waals surface area contributed by atoms with Gasteiger partial charge in [0.15, 0.2) is 0 Å². The van der Waals surface area contributed by atoms with Crippen molar-refractivity contribution in [1.82, 2.24) is 4.98 Å². The number of aryl methyl sites for hydroxylation is 2. The third kappa shape index (κ3) is 2.22. The van der Waals surface area contributed by atoms with Gasteiger partial charge in [0.2, 0.25) is 0 Å². The fourth-order valence-corrected chi connectivity index (χ4v) is 1.10. The van der Waals surface area contributed by atoms with Gasteiger partial charge in [0.25, 0.3) is 5.56 Å². The first-order valence-electron chi connectivity index (χ1n) is 4.43. The predicted octanol–water partition coefficient (Wildman–Crippen LogP) is 2.03. The molecule has 0 aliphatic rings. The standard InChI is InChI=1S/C10H15NO/c1-3-4-5-9-7-6-8(2)10(12)11-9/h6-7H,3-5H2,1-2H3,(H,11,12). The molecular weight excluding hydrogens is 150 g/mol. The van der Waals surface area contributed by atoms with E-state index in [4.69, 9.17) is 0 Å². The van der Waals surface area contributed by atoms with E-state index in [-0.39, 0.29) is 5.56 Å². The molecule has 66 valence electrons. The molecule has 0 unspecified atom stereocenters. The van der Waals surface area contributed by atoms with Gasteiger partial charge in [0.05, 0.1) is 0 Å². The SMILES string of the molecule is CCCCc1ccc(C)c(=O)[nH]1. The third-order valence-electron chi connectivity index (χ3n) is 1.97. The molecular formula is C10H15NO. The molecule has 0 aliphatic heterocycles. The second-order valence-electron chi connectivity index (χ2n) is 3.10. The Morgan fingerprint density at radius 2 is 2.17 bits per heavy atom. The molecule has 2 nitrogen and oxygen atoms in total. The Hall–Kier alpha value is -1.05. The topological polar surface area (TPSA) is 32.9 Å². The van der Waals surface area contributed by atoms with Crippen LogP contribution in [0.15, 0.2) is 16.9 Å². The fraction of sp³-hybridized carbons (Fsp3) is 0.500. The maximum Gasteiger partial charge on any atom is 0.251 e. The van der Waals surface area contributed by atoms with Crippen molar-refractivity contribution < 1.29 is 0 Å². The normalized spacial score (nSPS) is 10.2. The minimum absolute atomic E-state index is 0.0450. The second kappa shape index (κ2) is 4.10. The Morgan fingerprint density at radius 3 is 2.75 bits per heavy atom. The summed E-state index contributed by atoms with van der Waals surface area (Å²) in [6, 6.07) is 3.87. The summed E-state index contributed by atoms with van der Waals surface area (Å²) in [5.41, 5.74) is 1.88. The van der Waals surface area contributed by atoms with Crippen molar-refractivity contribution in [2.45, 2.75) is 33.1 Å². The van der Waals surface area contributed by atoms with Crippen LogP contribution >= 0.6 is 0 Å². The van der Waals surface area contributed by atoms with E-state index in [0.29, 0.717) is 0 Å². The molecule has 1 heterocycles. The molecule has 2 heteroatoms. The Kier molecular flexibility index (Phi) is 3.09. The van der Waals surface area contributed by atoms with Crippen molar-refractivity contribution in [2.24, 2.45) is 0 Å². The van der Waals surface area contributed by atoms with E-state index in [1.54, 1.807) is 0 Å². The van der Waals surface area contributed by atoms with Gasteiger partial charge in [-0.25, -0.2) is 0 Å². The zero-order valence-electron chi connectivity index (χ0n) is 7.68. The van der Waals surface area contributed by atoms with E-state index < -0.39 is 0 Å². The van der Waals surface area contributed by atoms with Gasteiger partial charge in [-0.15, -0.1) is 0 Å². The number of nitrogens with one attached hydrogen (secondary N) is 1. The molecule has 12 heavy (non-hydrogen) atoms. The number of pyridine rings is 1. The molecule has 1 rings (SSSR count). The molecule has 0 amide bonds. The van der Waals surface area contributed by atoms with Crippen LogP contribution in [0.2, 0.25) is 0 Å². The van der Waals surface area contributed by atoms with Crippen LogP contribution in [0.5, 0.6) is 0 Å². The minimum Gasteiger partial charge on any atom is -0.326 e. The molecule has 1 N–H and O–H groups in total. The second-order valence-corrected chi connectivity index (χ2v) is 3.10. The highest BCUT2D eigenvalue weighted by Gasteiger charge is 1.95. The number of H-pyrrole nitrogens is 1. The molecule has 0 aromatic carbocycles. The van der Waals surface area contributed by atoms with Crippen LogP contribution in [0.3, 0.4) is 0 Å². The lowest BCUT2D eigenvalue weighted by Crippen LogP contribution is -2.11. The summed E-state index contributed by atoms with van der Waals surface area (Å²) >= 11 is 0. The van der Waals surface area contributed by atoms with Gasteiger partial charge < -0.3 is 4.98 Å². The first-order valence-corrected chi connectivity index (χ1v) is 4.43. The average molecular weight is 165 g/mol. The number of unbranched alkanes of at least 4 members (excludes halogenated alkanes) is 1. The number of hydrogen-bond donors (Lipinski definition) is 1. The lowest BCUT2D eigenvalue weighted by molar-refractivity contribution is 0.773. The maximum absolute atomic E-state index is 11.1. The van der Waals surface area contributed by atoms with Gasteiger partial charge in [-0.3, -0.25) is 4.79 Å². The number of aromatic nitrogens is 1. The van der Waals surface area contributed by atoms with Gasteiger partial charge >= 0.3 is 0 Å². The summed E-state index contributed by atoms with van der Waals surface area (Å²) in [7, 11) is 0. The Morgan fingerprint density at radius 1 is 1.42 bits per heavy atom. The van der Waals surface area contributed by atoms with Crippen molar-refractivity contribution >= 4 is 0 Å². The zero-order chi connectivity index (χ0) is 8.97. The monoisotopic (exact) mass is 165 g/mol. The van der Waals surface area contributed by atoms with Crippen molar-refractivity contribution in [3.05, 3.63) is 33.7 Å². The lowest BCUT2D eigenvalue weighted by atomic mass is 10.2. The Bertz CT molecular complexity index is 301. The van der Waals surface area contributed by atoms with E-state index in [0.717, 1.165) is 30.5 Å². The van der Waals surface area contributed by atoms with Crippen molar-refractivity contribution in [2.75, 3.05) is 0 Å². The summed E-state index contributed by atoms with van der Waals surface area (Å²) in [4.78, 5) is 14.0. The summed E-state index contributed by atoms with van der Waals surface area (Å²) in [6.45, 7) is 3.97.